The van der Waals surface area contributed by atoms with E-state index in [-0.39, 0.29) is 23.1 Å². The molecule has 3 aromatic carbocycles. The minimum absolute atomic E-state index is 0.0417. The second kappa shape index (κ2) is 14.6. The van der Waals surface area contributed by atoms with E-state index in [2.05, 4.69) is 36.8 Å². The van der Waals surface area contributed by atoms with Crippen LogP contribution in [0.1, 0.15) is 30.0 Å². The van der Waals surface area contributed by atoms with Crippen molar-refractivity contribution in [3.8, 4) is 11.4 Å². The predicted octanol–water partition coefficient (Wildman–Crippen LogP) is 4.73. The van der Waals surface area contributed by atoms with Crippen LogP contribution in [0.2, 0.25) is 0 Å². The Morgan fingerprint density at radius 1 is 0.953 bits per heavy atom. The highest BCUT2D eigenvalue weighted by Gasteiger charge is 2.22. The molecule has 4 aromatic rings. The molecule has 0 fully saturated rings. The molecule has 0 radical (unpaired) electrons. The Labute approximate surface area is 263 Å². The number of carbonyl (C=O) groups excluding carboxylic acids is 2. The highest BCUT2D eigenvalue weighted by Crippen LogP contribution is 2.24. The topological polar surface area (TPSA) is 136 Å². The summed E-state index contributed by atoms with van der Waals surface area (Å²) in [6.45, 7) is 4.30. The molecule has 4 rings (SSSR count). The molecule has 0 aliphatic heterocycles. The highest BCUT2D eigenvalue weighted by molar-refractivity contribution is 9.10. The van der Waals surface area contributed by atoms with E-state index in [4.69, 9.17) is 4.74 Å². The monoisotopic (exact) mass is 686 g/mol. The first-order valence-corrected chi connectivity index (χ1v) is 16.5. The highest BCUT2D eigenvalue weighted by atomic mass is 79.9. The van der Waals surface area contributed by atoms with Crippen LogP contribution >= 0.6 is 27.7 Å². The van der Waals surface area contributed by atoms with Gasteiger partial charge in [0.2, 0.25) is 15.9 Å². The van der Waals surface area contributed by atoms with Gasteiger partial charge in [-0.15, -0.1) is 10.2 Å². The smallest absolute Gasteiger partial charge is 0.251 e. The van der Waals surface area contributed by atoms with Crippen LogP contribution in [0.25, 0.3) is 5.69 Å². The Bertz CT molecular complexity index is 1660. The first-order chi connectivity index (χ1) is 20.7. The van der Waals surface area contributed by atoms with Crippen molar-refractivity contribution < 1.29 is 22.7 Å². The minimum atomic E-state index is -3.63. The summed E-state index contributed by atoms with van der Waals surface area (Å²) in [5.41, 5.74) is 1.70. The van der Waals surface area contributed by atoms with E-state index in [1.165, 1.54) is 40.3 Å². The van der Waals surface area contributed by atoms with Crippen LogP contribution in [0.5, 0.6) is 5.75 Å². The third-order valence-electron chi connectivity index (χ3n) is 6.36. The van der Waals surface area contributed by atoms with Gasteiger partial charge in [-0.2, -0.15) is 4.31 Å². The molecule has 0 aliphatic rings. The van der Waals surface area contributed by atoms with E-state index in [0.29, 0.717) is 41.1 Å². The maximum atomic E-state index is 13.0. The first-order valence-electron chi connectivity index (χ1n) is 13.3. The Hall–Kier alpha value is -3.72. The van der Waals surface area contributed by atoms with E-state index in [0.717, 1.165) is 10.2 Å². The number of ether oxygens (including phenoxy) is 1. The standard InChI is InChI=1S/C29H31BrN6O5S2/c1-4-35(5-2)43(39,40)25-16-6-20(7-17-25)28(38)31-18-26-33-34-29(36(26)23-12-8-21(30)9-13-23)42-19-27(37)32-22-10-14-24(41-3)15-11-22/h6-17H,4-5,18-19H2,1-3H3,(H,31,38)(H,32,37). The van der Waals surface area contributed by atoms with Crippen LogP contribution in [-0.2, 0) is 21.4 Å². The van der Waals surface area contributed by atoms with Crippen LogP contribution in [0, 0.1) is 0 Å². The van der Waals surface area contributed by atoms with Crippen LogP contribution in [0.4, 0.5) is 5.69 Å². The fourth-order valence-electron chi connectivity index (χ4n) is 4.11. The Morgan fingerprint density at radius 3 is 2.21 bits per heavy atom. The summed E-state index contributed by atoms with van der Waals surface area (Å²) in [7, 11) is -2.05. The van der Waals surface area contributed by atoms with Gasteiger partial charge in [-0.1, -0.05) is 41.5 Å². The summed E-state index contributed by atoms with van der Waals surface area (Å²) >= 11 is 4.65. The molecular weight excluding hydrogens is 656 g/mol. The fraction of sp³-hybridized carbons (Fsp3) is 0.241. The molecule has 43 heavy (non-hydrogen) atoms. The molecule has 0 atom stereocenters. The van der Waals surface area contributed by atoms with E-state index < -0.39 is 15.9 Å². The van der Waals surface area contributed by atoms with Crippen molar-refractivity contribution in [2.45, 2.75) is 30.4 Å². The summed E-state index contributed by atoms with van der Waals surface area (Å²) in [4.78, 5) is 25.7. The van der Waals surface area contributed by atoms with Crippen LogP contribution < -0.4 is 15.4 Å². The van der Waals surface area contributed by atoms with Crippen molar-refractivity contribution in [1.29, 1.82) is 0 Å². The van der Waals surface area contributed by atoms with Gasteiger partial charge in [0, 0.05) is 34.5 Å². The SMILES string of the molecule is CCN(CC)S(=O)(=O)c1ccc(C(=O)NCc2nnc(SCC(=O)Nc3ccc(OC)cc3)n2-c2ccc(Br)cc2)cc1. The lowest BCUT2D eigenvalue weighted by Gasteiger charge is -2.18. The van der Waals surface area contributed by atoms with Gasteiger partial charge in [0.05, 0.1) is 24.3 Å². The summed E-state index contributed by atoms with van der Waals surface area (Å²) in [5.74, 6) is 0.604. The van der Waals surface area contributed by atoms with Gasteiger partial charge < -0.3 is 15.4 Å². The lowest BCUT2D eigenvalue weighted by molar-refractivity contribution is -0.113. The third-order valence-corrected chi connectivity index (χ3v) is 9.88. The molecule has 11 nitrogen and oxygen atoms in total. The van der Waals surface area contributed by atoms with E-state index >= 15 is 0 Å². The molecule has 1 heterocycles. The zero-order valence-corrected chi connectivity index (χ0v) is 27.0. The van der Waals surface area contributed by atoms with Crippen molar-refractivity contribution in [3.05, 3.63) is 88.7 Å². The lowest BCUT2D eigenvalue weighted by atomic mass is 10.2. The average Bonchev–Trinajstić information content (AvgIpc) is 3.42. The van der Waals surface area contributed by atoms with Gasteiger partial charge in [0.25, 0.3) is 5.91 Å². The normalized spacial score (nSPS) is 11.4. The summed E-state index contributed by atoms with van der Waals surface area (Å²) in [5, 5.41) is 14.7. The largest absolute Gasteiger partial charge is 0.497 e. The van der Waals surface area contributed by atoms with Crippen molar-refractivity contribution in [3.63, 3.8) is 0 Å². The third kappa shape index (κ3) is 8.02. The molecule has 0 saturated carbocycles. The molecule has 0 unspecified atom stereocenters. The van der Waals surface area contributed by atoms with Crippen molar-refractivity contribution >= 4 is 55.2 Å². The number of hydrogen-bond donors (Lipinski definition) is 2. The number of hydrogen-bond acceptors (Lipinski definition) is 8. The lowest BCUT2D eigenvalue weighted by Crippen LogP contribution is -2.30. The summed E-state index contributed by atoms with van der Waals surface area (Å²) in [6.07, 6.45) is 0. The predicted molar refractivity (Wildman–Crippen MR) is 169 cm³/mol. The maximum absolute atomic E-state index is 13.0. The molecule has 1 aromatic heterocycles. The molecule has 2 amide bonds. The van der Waals surface area contributed by atoms with Crippen LogP contribution in [0.3, 0.4) is 0 Å². The number of nitrogens with one attached hydrogen (secondary N) is 2. The Kier molecular flexibility index (Phi) is 11.0. The minimum Gasteiger partial charge on any atom is -0.497 e. The molecule has 0 aliphatic carbocycles. The van der Waals surface area contributed by atoms with Gasteiger partial charge in [-0.05, 0) is 72.8 Å². The van der Waals surface area contributed by atoms with Crippen molar-refractivity contribution in [2.75, 3.05) is 31.3 Å². The second-order valence-electron chi connectivity index (χ2n) is 9.07. The van der Waals surface area contributed by atoms with E-state index in [1.54, 1.807) is 49.8 Å². The molecule has 0 saturated heterocycles. The second-order valence-corrected chi connectivity index (χ2v) is 12.9. The number of rotatable bonds is 13. The number of methoxy groups -OCH3 is 1. The van der Waals surface area contributed by atoms with Crippen LogP contribution in [0.15, 0.2) is 87.3 Å². The Morgan fingerprint density at radius 2 is 1.60 bits per heavy atom. The van der Waals surface area contributed by atoms with Crippen molar-refractivity contribution in [1.82, 2.24) is 24.4 Å². The zero-order chi connectivity index (χ0) is 31.0. The number of nitrogens with zero attached hydrogens (tertiary/aromatic N) is 4. The van der Waals surface area contributed by atoms with E-state index in [1.807, 2.05) is 24.3 Å². The number of benzene rings is 3. The summed E-state index contributed by atoms with van der Waals surface area (Å²) < 4.78 is 34.7. The molecule has 0 bridgehead atoms. The van der Waals surface area contributed by atoms with Gasteiger partial charge in [-0.3, -0.25) is 14.2 Å². The van der Waals surface area contributed by atoms with Gasteiger partial charge in [0.15, 0.2) is 11.0 Å². The number of aromatic nitrogens is 3. The molecular formula is C29H31BrN6O5S2. The molecule has 14 heteroatoms. The first kappa shape index (κ1) is 32.2. The average molecular weight is 688 g/mol. The van der Waals surface area contributed by atoms with E-state index in [9.17, 15) is 18.0 Å². The van der Waals surface area contributed by atoms with Crippen molar-refractivity contribution in [2.24, 2.45) is 0 Å². The van der Waals surface area contributed by atoms with Gasteiger partial charge >= 0.3 is 0 Å². The number of amides is 2. The van der Waals surface area contributed by atoms with Gasteiger partial charge in [-0.25, -0.2) is 8.42 Å². The molecule has 226 valence electrons. The zero-order valence-electron chi connectivity index (χ0n) is 23.8. The summed E-state index contributed by atoms with van der Waals surface area (Å²) in [6, 6.07) is 20.3. The number of thioether (sulfide) groups is 1. The fourth-order valence-corrected chi connectivity index (χ4v) is 6.60. The quantitative estimate of drug-likeness (QED) is 0.193. The Balaban J connectivity index is 1.47. The maximum Gasteiger partial charge on any atom is 0.251 e. The number of sulfonamides is 1. The molecule has 2 N–H and O–H groups in total. The number of halogens is 1. The van der Waals surface area contributed by atoms with Crippen LogP contribution in [-0.4, -0.2) is 65.3 Å². The molecule has 0 spiro atoms. The number of carbonyl (C=O) groups is 2. The number of anilines is 1. The van der Waals surface area contributed by atoms with Gasteiger partial charge in [0.1, 0.15) is 5.75 Å².